The second-order valence-electron chi connectivity index (χ2n) is 7.64. The van der Waals surface area contributed by atoms with Crippen LogP contribution in [0.3, 0.4) is 0 Å². The van der Waals surface area contributed by atoms with E-state index in [1.54, 1.807) is 29.2 Å². The van der Waals surface area contributed by atoms with Crippen molar-refractivity contribution in [1.29, 1.82) is 0 Å². The number of methoxy groups -OCH3 is 1. The Labute approximate surface area is 177 Å². The zero-order valence-electron chi connectivity index (χ0n) is 16.5. The quantitative estimate of drug-likeness (QED) is 0.653. The van der Waals surface area contributed by atoms with E-state index in [1.807, 2.05) is 0 Å². The van der Waals surface area contributed by atoms with Crippen molar-refractivity contribution in [2.75, 3.05) is 33.3 Å². The van der Waals surface area contributed by atoms with Crippen molar-refractivity contribution < 1.29 is 22.7 Å². The van der Waals surface area contributed by atoms with Crippen molar-refractivity contribution in [3.05, 3.63) is 34.9 Å². The average Bonchev–Trinajstić information content (AvgIpc) is 2.74. The highest BCUT2D eigenvalue weighted by Gasteiger charge is 2.35. The van der Waals surface area contributed by atoms with Crippen LogP contribution in [0, 0.1) is 11.8 Å². The van der Waals surface area contributed by atoms with Gasteiger partial charge in [0.2, 0.25) is 15.9 Å². The molecular formula is C20H27ClN2O5S. The lowest BCUT2D eigenvalue weighted by Gasteiger charge is -2.36. The van der Waals surface area contributed by atoms with Gasteiger partial charge in [-0.15, -0.1) is 0 Å². The predicted molar refractivity (Wildman–Crippen MR) is 110 cm³/mol. The van der Waals surface area contributed by atoms with Crippen LogP contribution >= 0.6 is 11.6 Å². The lowest BCUT2D eigenvalue weighted by Crippen LogP contribution is -2.47. The summed E-state index contributed by atoms with van der Waals surface area (Å²) in [6.45, 7) is 1.76. The summed E-state index contributed by atoms with van der Waals surface area (Å²) in [7, 11) is -2.10. The number of rotatable bonds is 5. The van der Waals surface area contributed by atoms with Crippen LogP contribution in [-0.2, 0) is 30.1 Å². The lowest BCUT2D eigenvalue weighted by molar-refractivity contribution is -0.149. The van der Waals surface area contributed by atoms with Gasteiger partial charge in [0, 0.05) is 37.1 Å². The Balaban J connectivity index is 1.52. The highest BCUT2D eigenvalue weighted by atomic mass is 35.5. The molecule has 2 heterocycles. The Bertz CT molecular complexity index is 844. The number of hydrogen-bond acceptors (Lipinski definition) is 5. The molecule has 1 aromatic rings. The highest BCUT2D eigenvalue weighted by molar-refractivity contribution is 7.88. The zero-order valence-corrected chi connectivity index (χ0v) is 18.1. The van der Waals surface area contributed by atoms with Gasteiger partial charge >= 0.3 is 5.97 Å². The molecule has 160 valence electrons. The molecule has 0 N–H and O–H groups in total. The van der Waals surface area contributed by atoms with E-state index < -0.39 is 10.0 Å². The van der Waals surface area contributed by atoms with Gasteiger partial charge in [0.1, 0.15) is 0 Å². The Morgan fingerprint density at radius 3 is 2.21 bits per heavy atom. The molecule has 9 heteroatoms. The number of likely N-dealkylation sites (tertiary alicyclic amines) is 1. The molecule has 0 aromatic heterocycles. The molecule has 0 aliphatic carbocycles. The maximum absolute atomic E-state index is 12.8. The van der Waals surface area contributed by atoms with Crippen LogP contribution in [0.15, 0.2) is 24.3 Å². The first kappa shape index (κ1) is 22.1. The van der Waals surface area contributed by atoms with Crippen molar-refractivity contribution in [1.82, 2.24) is 9.21 Å². The molecule has 2 aliphatic rings. The number of sulfonamides is 1. The molecule has 2 saturated heterocycles. The Morgan fingerprint density at radius 1 is 1.03 bits per heavy atom. The zero-order chi connectivity index (χ0) is 21.0. The van der Waals surface area contributed by atoms with Gasteiger partial charge in [-0.05, 0) is 37.3 Å². The number of nitrogens with zero attached hydrogens (tertiary/aromatic N) is 2. The summed E-state index contributed by atoms with van der Waals surface area (Å²) in [5.74, 6) is -0.588. The lowest BCUT2D eigenvalue weighted by atomic mass is 9.92. The molecule has 0 radical (unpaired) electrons. The Hall–Kier alpha value is -1.64. The summed E-state index contributed by atoms with van der Waals surface area (Å²) in [4.78, 5) is 26.2. The normalized spacial score (nSPS) is 19.9. The summed E-state index contributed by atoms with van der Waals surface area (Å²) < 4.78 is 31.7. The average molecular weight is 443 g/mol. The van der Waals surface area contributed by atoms with E-state index in [4.69, 9.17) is 16.3 Å². The molecule has 29 heavy (non-hydrogen) atoms. The van der Waals surface area contributed by atoms with Crippen molar-refractivity contribution in [2.24, 2.45) is 11.8 Å². The van der Waals surface area contributed by atoms with Gasteiger partial charge in [-0.3, -0.25) is 9.59 Å². The number of hydrogen-bond donors (Lipinski definition) is 0. The number of benzene rings is 1. The molecule has 3 rings (SSSR count). The molecule has 0 spiro atoms. The van der Waals surface area contributed by atoms with Gasteiger partial charge in [0.05, 0.1) is 18.8 Å². The topological polar surface area (TPSA) is 84.0 Å². The van der Waals surface area contributed by atoms with Gasteiger partial charge in [-0.1, -0.05) is 29.8 Å². The minimum Gasteiger partial charge on any atom is -0.469 e. The number of carbonyl (C=O) groups excluding carboxylic acids is 2. The van der Waals surface area contributed by atoms with Crippen LogP contribution in [0.5, 0.6) is 0 Å². The number of piperidine rings is 2. The molecule has 1 amide bonds. The second kappa shape index (κ2) is 9.45. The molecule has 0 bridgehead atoms. The standard InChI is InChI=1S/C20H27ClN2O5S/c1-28-20(25)16-6-10-22(11-7-16)19(24)15-8-12-23(13-9-15)29(26,27)14-17-4-2-3-5-18(17)21/h2-5,15-16H,6-14H2,1H3. The summed E-state index contributed by atoms with van der Waals surface area (Å²) in [6, 6.07) is 6.93. The molecule has 1 aromatic carbocycles. The number of amides is 1. The summed E-state index contributed by atoms with van der Waals surface area (Å²) >= 11 is 6.10. The molecule has 2 aliphatic heterocycles. The van der Waals surface area contributed by atoms with Crippen LogP contribution in [0.4, 0.5) is 0 Å². The van der Waals surface area contributed by atoms with E-state index >= 15 is 0 Å². The maximum atomic E-state index is 12.8. The molecule has 7 nitrogen and oxygen atoms in total. The fourth-order valence-electron chi connectivity index (χ4n) is 4.04. The van der Waals surface area contributed by atoms with Crippen LogP contribution in [0.2, 0.25) is 5.02 Å². The third-order valence-electron chi connectivity index (χ3n) is 5.83. The van der Waals surface area contributed by atoms with E-state index in [0.717, 1.165) is 0 Å². The molecule has 0 saturated carbocycles. The predicted octanol–water partition coefficient (Wildman–Crippen LogP) is 2.29. The monoisotopic (exact) mass is 442 g/mol. The maximum Gasteiger partial charge on any atom is 0.308 e. The van der Waals surface area contributed by atoms with Crippen molar-refractivity contribution in [2.45, 2.75) is 31.4 Å². The van der Waals surface area contributed by atoms with E-state index in [1.165, 1.54) is 11.4 Å². The smallest absolute Gasteiger partial charge is 0.308 e. The van der Waals surface area contributed by atoms with Gasteiger partial charge in [0.15, 0.2) is 0 Å². The Morgan fingerprint density at radius 2 is 1.62 bits per heavy atom. The van der Waals surface area contributed by atoms with E-state index in [9.17, 15) is 18.0 Å². The van der Waals surface area contributed by atoms with Gasteiger partial charge in [-0.2, -0.15) is 0 Å². The van der Waals surface area contributed by atoms with Crippen molar-refractivity contribution in [3.8, 4) is 0 Å². The van der Waals surface area contributed by atoms with Crippen LogP contribution in [0.25, 0.3) is 0 Å². The molecule has 0 atom stereocenters. The Kier molecular flexibility index (Phi) is 7.19. The van der Waals surface area contributed by atoms with Gasteiger partial charge < -0.3 is 9.64 Å². The SMILES string of the molecule is COC(=O)C1CCN(C(=O)C2CCN(S(=O)(=O)Cc3ccccc3Cl)CC2)CC1. The van der Waals surface area contributed by atoms with Crippen molar-refractivity contribution >= 4 is 33.5 Å². The third kappa shape index (κ3) is 5.29. The van der Waals surface area contributed by atoms with E-state index in [-0.39, 0.29) is 29.5 Å². The van der Waals surface area contributed by atoms with Crippen molar-refractivity contribution in [3.63, 3.8) is 0 Å². The first-order chi connectivity index (χ1) is 13.8. The molecule has 0 unspecified atom stereocenters. The summed E-state index contributed by atoms with van der Waals surface area (Å²) in [5, 5.41) is 0.441. The number of ether oxygens (including phenoxy) is 1. The van der Waals surface area contributed by atoms with Gasteiger partial charge in [-0.25, -0.2) is 12.7 Å². The summed E-state index contributed by atoms with van der Waals surface area (Å²) in [5.41, 5.74) is 0.584. The number of esters is 1. The minimum atomic E-state index is -3.48. The van der Waals surface area contributed by atoms with Crippen LogP contribution < -0.4 is 0 Å². The van der Waals surface area contributed by atoms with E-state index in [0.29, 0.717) is 62.4 Å². The fourth-order valence-corrected chi connectivity index (χ4v) is 5.92. The largest absolute Gasteiger partial charge is 0.469 e. The minimum absolute atomic E-state index is 0.0662. The van der Waals surface area contributed by atoms with Crippen LogP contribution in [-0.4, -0.2) is 62.8 Å². The first-order valence-electron chi connectivity index (χ1n) is 9.89. The molecular weight excluding hydrogens is 416 g/mol. The van der Waals surface area contributed by atoms with Crippen LogP contribution in [0.1, 0.15) is 31.2 Å². The number of halogens is 1. The summed E-state index contributed by atoms with van der Waals surface area (Å²) in [6.07, 6.45) is 2.25. The second-order valence-corrected chi connectivity index (χ2v) is 10.0. The molecule has 2 fully saturated rings. The first-order valence-corrected chi connectivity index (χ1v) is 11.9. The third-order valence-corrected chi connectivity index (χ3v) is 8.03. The van der Waals surface area contributed by atoms with Gasteiger partial charge in [0.25, 0.3) is 0 Å². The highest BCUT2D eigenvalue weighted by Crippen LogP contribution is 2.27. The van der Waals surface area contributed by atoms with E-state index in [2.05, 4.69) is 0 Å². The fraction of sp³-hybridized carbons (Fsp3) is 0.600. The number of carbonyl (C=O) groups is 2.